The van der Waals surface area contributed by atoms with Crippen molar-refractivity contribution < 1.29 is 16.4 Å². The normalized spacial score (nSPS) is 26.8. The van der Waals surface area contributed by atoms with Gasteiger partial charge in [0.05, 0.1) is 24.7 Å². The number of ketones is 2. The number of aryl methyl sites for hydroxylation is 1. The number of fused-ring (bicyclic) bond motifs is 1. The Morgan fingerprint density at radius 3 is 3.05 bits per heavy atom. The number of hydrogen-bond donors (Lipinski definition) is 1. The Morgan fingerprint density at radius 2 is 2.29 bits per heavy atom. The van der Waals surface area contributed by atoms with E-state index in [0.29, 0.717) is 0 Å². The molecule has 0 amide bonds. The molecule has 1 aliphatic carbocycles. The molecule has 2 aromatic rings. The predicted octanol–water partition coefficient (Wildman–Crippen LogP) is 1.15. The quantitative estimate of drug-likeness (QED) is 0.628. The molecule has 0 aliphatic heterocycles. The van der Waals surface area contributed by atoms with Gasteiger partial charge in [-0.25, -0.2) is 4.98 Å². The molecular formula is C15H15N3O3. The van der Waals surface area contributed by atoms with Gasteiger partial charge in [0.1, 0.15) is 11.6 Å². The van der Waals surface area contributed by atoms with Crippen LogP contribution in [0.3, 0.4) is 0 Å². The lowest BCUT2D eigenvalue weighted by molar-refractivity contribution is -0.132. The molecule has 1 aromatic heterocycles. The number of benzene rings is 1. The van der Waals surface area contributed by atoms with Gasteiger partial charge >= 0.3 is 0 Å². The average Bonchev–Trinajstić information content (AvgIpc) is 2.49. The molecule has 6 heteroatoms. The van der Waals surface area contributed by atoms with Gasteiger partial charge in [-0.05, 0) is 25.4 Å². The zero-order valence-electron chi connectivity index (χ0n) is 15.9. The van der Waals surface area contributed by atoms with Crippen LogP contribution in [0.1, 0.15) is 38.0 Å². The molecule has 2 unspecified atom stereocenters. The summed E-state index contributed by atoms with van der Waals surface area (Å²) in [6.07, 6.45) is -2.06. The van der Waals surface area contributed by atoms with E-state index in [1.807, 2.05) is 0 Å². The second-order valence-electron chi connectivity index (χ2n) is 4.85. The van der Waals surface area contributed by atoms with Crippen LogP contribution in [-0.2, 0) is 9.59 Å². The highest BCUT2D eigenvalue weighted by molar-refractivity contribution is 6.03. The SMILES string of the molecule is [2H]c1cc(N)c2c(=O)n(C3CC([2H])C(=O)CC3=O)c(C([2H])([2H])[2H])nc2c1. The molecule has 1 aromatic carbocycles. The third kappa shape index (κ3) is 2.12. The van der Waals surface area contributed by atoms with E-state index in [0.717, 1.165) is 4.57 Å². The molecule has 0 spiro atoms. The minimum atomic E-state index is -2.82. The number of nitrogens with two attached hydrogens (primary N) is 1. The molecule has 1 saturated carbocycles. The van der Waals surface area contributed by atoms with Crippen molar-refractivity contribution in [1.29, 1.82) is 0 Å². The summed E-state index contributed by atoms with van der Waals surface area (Å²) in [5.41, 5.74) is 4.87. The largest absolute Gasteiger partial charge is 0.398 e. The van der Waals surface area contributed by atoms with Crippen molar-refractivity contribution in [2.45, 2.75) is 32.1 Å². The van der Waals surface area contributed by atoms with Crippen LogP contribution >= 0.6 is 0 Å². The minimum Gasteiger partial charge on any atom is -0.398 e. The molecular weight excluding hydrogens is 270 g/mol. The Morgan fingerprint density at radius 1 is 1.48 bits per heavy atom. The number of carbonyl (C=O) groups excluding carboxylic acids is 2. The van der Waals surface area contributed by atoms with Gasteiger partial charge in [-0.2, -0.15) is 0 Å². The fraction of sp³-hybridized carbons (Fsp3) is 0.333. The van der Waals surface area contributed by atoms with Crippen LogP contribution in [0.5, 0.6) is 0 Å². The van der Waals surface area contributed by atoms with Crippen molar-refractivity contribution >= 4 is 28.2 Å². The summed E-state index contributed by atoms with van der Waals surface area (Å²) >= 11 is 0. The molecule has 0 bridgehead atoms. The lowest BCUT2D eigenvalue weighted by Gasteiger charge is -2.24. The predicted molar refractivity (Wildman–Crippen MR) is 78.1 cm³/mol. The van der Waals surface area contributed by atoms with Crippen LogP contribution in [0.4, 0.5) is 5.69 Å². The van der Waals surface area contributed by atoms with E-state index >= 15 is 0 Å². The van der Waals surface area contributed by atoms with Gasteiger partial charge < -0.3 is 5.73 Å². The number of aromatic nitrogens is 2. The van der Waals surface area contributed by atoms with Gasteiger partial charge in [-0.15, -0.1) is 0 Å². The van der Waals surface area contributed by atoms with Crippen LogP contribution in [0.25, 0.3) is 10.9 Å². The first-order chi connectivity index (χ1) is 12.0. The van der Waals surface area contributed by atoms with E-state index in [1.54, 1.807) is 0 Å². The summed E-state index contributed by atoms with van der Waals surface area (Å²) in [6, 6.07) is 1.13. The maximum atomic E-state index is 13.0. The maximum Gasteiger partial charge on any atom is 0.264 e. The zero-order chi connectivity index (χ0) is 19.4. The van der Waals surface area contributed by atoms with Gasteiger partial charge in [0, 0.05) is 17.6 Å². The van der Waals surface area contributed by atoms with Crippen molar-refractivity contribution in [2.75, 3.05) is 5.73 Å². The Labute approximate surface area is 127 Å². The first-order valence-corrected chi connectivity index (χ1v) is 6.31. The second-order valence-corrected chi connectivity index (χ2v) is 4.85. The summed E-state index contributed by atoms with van der Waals surface area (Å²) in [5, 5.41) is -0.0970. The topological polar surface area (TPSA) is 95.0 Å². The number of nitrogen functional groups attached to an aromatic ring is 1. The molecule has 2 N–H and O–H groups in total. The van der Waals surface area contributed by atoms with Crippen LogP contribution in [0, 0.1) is 6.85 Å². The highest BCUT2D eigenvalue weighted by Crippen LogP contribution is 2.24. The lowest BCUT2D eigenvalue weighted by atomic mass is 9.92. The number of Topliss-reactive ketones (excluding diaryl/α,β-unsaturated/α-hetero) is 2. The van der Waals surface area contributed by atoms with Crippen molar-refractivity contribution in [3.63, 3.8) is 0 Å². The van der Waals surface area contributed by atoms with Crippen molar-refractivity contribution in [3.05, 3.63) is 34.4 Å². The summed E-state index contributed by atoms with van der Waals surface area (Å²) in [5.74, 6) is -1.83. The second kappa shape index (κ2) is 4.80. The molecule has 21 heavy (non-hydrogen) atoms. The van der Waals surface area contributed by atoms with E-state index in [2.05, 4.69) is 4.98 Å². The lowest BCUT2D eigenvalue weighted by Crippen LogP contribution is -2.36. The highest BCUT2D eigenvalue weighted by Gasteiger charge is 2.30. The molecule has 108 valence electrons. The van der Waals surface area contributed by atoms with Crippen LogP contribution in [0.2, 0.25) is 0 Å². The maximum absolute atomic E-state index is 13.0. The fourth-order valence-corrected chi connectivity index (χ4v) is 2.48. The number of hydrogen-bond acceptors (Lipinski definition) is 5. The Balaban J connectivity index is 2.36. The Hall–Kier alpha value is -2.50. The molecule has 6 nitrogen and oxygen atoms in total. The van der Waals surface area contributed by atoms with Crippen molar-refractivity contribution in [2.24, 2.45) is 0 Å². The molecule has 1 heterocycles. The third-order valence-corrected chi connectivity index (χ3v) is 3.49. The number of carbonyl (C=O) groups is 2. The van der Waals surface area contributed by atoms with Gasteiger partial charge in [0.25, 0.3) is 5.56 Å². The molecule has 3 rings (SSSR count). The molecule has 1 aliphatic rings. The highest BCUT2D eigenvalue weighted by atomic mass is 16.2. The van der Waals surface area contributed by atoms with E-state index in [1.165, 1.54) is 12.1 Å². The zero-order valence-corrected chi connectivity index (χ0v) is 10.9. The minimum absolute atomic E-state index is 0.0401. The van der Waals surface area contributed by atoms with Gasteiger partial charge in [0.2, 0.25) is 0 Å². The molecule has 0 saturated heterocycles. The standard InChI is InChI=1S/C15H15N3O3/c1-8-17-11-4-2-3-10(16)14(11)15(21)18(8)12-6-5-9(19)7-13(12)20/h2-4,12H,5-7,16H2,1H3/i1D3,2D,5D. The fourth-order valence-electron chi connectivity index (χ4n) is 2.48. The molecule has 2 atom stereocenters. The number of anilines is 1. The average molecular weight is 290 g/mol. The van der Waals surface area contributed by atoms with E-state index in [9.17, 15) is 14.4 Å². The van der Waals surface area contributed by atoms with E-state index in [-0.39, 0.29) is 29.1 Å². The summed E-state index contributed by atoms with van der Waals surface area (Å²) in [7, 11) is 0. The first-order valence-electron chi connectivity index (χ1n) is 8.89. The smallest absolute Gasteiger partial charge is 0.264 e. The number of rotatable bonds is 1. The molecule has 1 fully saturated rings. The van der Waals surface area contributed by atoms with Gasteiger partial charge in [0.15, 0.2) is 5.78 Å². The third-order valence-electron chi connectivity index (χ3n) is 3.49. The number of nitrogens with zero attached hydrogens (tertiary/aromatic N) is 2. The Bertz CT molecular complexity index is 999. The van der Waals surface area contributed by atoms with Crippen molar-refractivity contribution in [3.8, 4) is 0 Å². The Kier molecular flexibility index (Phi) is 1.99. The van der Waals surface area contributed by atoms with Gasteiger partial charge in [-0.3, -0.25) is 19.0 Å². The van der Waals surface area contributed by atoms with Crippen LogP contribution < -0.4 is 11.3 Å². The van der Waals surface area contributed by atoms with Crippen LogP contribution in [-0.4, -0.2) is 21.1 Å². The summed E-state index contributed by atoms with van der Waals surface area (Å²) < 4.78 is 39.2. The first kappa shape index (κ1) is 8.71. The monoisotopic (exact) mass is 290 g/mol. The molecule has 0 radical (unpaired) electrons. The van der Waals surface area contributed by atoms with E-state index in [4.69, 9.17) is 12.6 Å². The van der Waals surface area contributed by atoms with Crippen LogP contribution in [0.15, 0.2) is 23.0 Å². The van der Waals surface area contributed by atoms with Crippen molar-refractivity contribution in [1.82, 2.24) is 9.55 Å². The summed E-state index contributed by atoms with van der Waals surface area (Å²) in [4.78, 5) is 40.9. The van der Waals surface area contributed by atoms with Gasteiger partial charge in [-0.1, -0.05) is 6.04 Å². The van der Waals surface area contributed by atoms with E-state index < -0.39 is 48.7 Å². The summed E-state index contributed by atoms with van der Waals surface area (Å²) in [6.45, 7) is -2.82.